The molecule has 0 fully saturated rings. The summed E-state index contributed by atoms with van der Waals surface area (Å²) >= 11 is 0. The quantitative estimate of drug-likeness (QED) is 0.511. The largest absolute Gasteiger partial charge is 0.362 e. The molecule has 25 heavy (non-hydrogen) atoms. The van der Waals surface area contributed by atoms with Crippen LogP contribution in [0.3, 0.4) is 0 Å². The molecule has 6 heteroatoms. The van der Waals surface area contributed by atoms with E-state index < -0.39 is 0 Å². The van der Waals surface area contributed by atoms with Gasteiger partial charge in [0.15, 0.2) is 5.84 Å². The van der Waals surface area contributed by atoms with Crippen molar-refractivity contribution in [1.82, 2.24) is 10.2 Å². The summed E-state index contributed by atoms with van der Waals surface area (Å²) < 4.78 is 5.02. The Labute approximate surface area is 152 Å². The van der Waals surface area contributed by atoms with E-state index in [1.54, 1.807) is 7.11 Å². The molecule has 1 heterocycles. The van der Waals surface area contributed by atoms with Crippen molar-refractivity contribution in [1.29, 1.82) is 0 Å². The van der Waals surface area contributed by atoms with E-state index >= 15 is 0 Å². The van der Waals surface area contributed by atoms with Crippen LogP contribution in [0.25, 0.3) is 0 Å². The molecule has 0 spiro atoms. The van der Waals surface area contributed by atoms with Gasteiger partial charge < -0.3 is 15.0 Å². The van der Waals surface area contributed by atoms with Gasteiger partial charge in [0, 0.05) is 38.4 Å². The lowest BCUT2D eigenvalue weighted by Crippen LogP contribution is -2.31. The van der Waals surface area contributed by atoms with Gasteiger partial charge in [0.2, 0.25) is 0 Å². The molecule has 1 aliphatic heterocycles. The van der Waals surface area contributed by atoms with E-state index in [-0.39, 0.29) is 0 Å². The highest BCUT2D eigenvalue weighted by Crippen LogP contribution is 2.13. The van der Waals surface area contributed by atoms with Crippen LogP contribution in [0.4, 0.5) is 0 Å². The fraction of sp³-hybridized carbons (Fsp3) is 0.632. The molecular formula is C19H33N5O. The molecule has 6 nitrogen and oxygen atoms in total. The van der Waals surface area contributed by atoms with E-state index in [0.717, 1.165) is 55.3 Å². The Kier molecular flexibility index (Phi) is 9.77. The van der Waals surface area contributed by atoms with Gasteiger partial charge >= 0.3 is 0 Å². The van der Waals surface area contributed by atoms with Gasteiger partial charge in [-0.25, -0.2) is 15.0 Å². The third kappa shape index (κ3) is 6.12. The predicted octanol–water partition coefficient (Wildman–Crippen LogP) is 3.73. The molecule has 1 N–H and O–H groups in total. The maximum Gasteiger partial charge on any atom is 0.175 e. The first-order chi connectivity index (χ1) is 12.1. The van der Waals surface area contributed by atoms with Gasteiger partial charge in [-0.15, -0.1) is 0 Å². The maximum absolute atomic E-state index is 5.02. The normalized spacial score (nSPS) is 18.7. The number of methoxy groups -OCH3 is 1. The zero-order valence-electron chi connectivity index (χ0n) is 16.6. The van der Waals surface area contributed by atoms with Gasteiger partial charge in [-0.05, 0) is 26.7 Å². The molecule has 0 aliphatic carbocycles. The van der Waals surface area contributed by atoms with Gasteiger partial charge in [-0.2, -0.15) is 0 Å². The summed E-state index contributed by atoms with van der Waals surface area (Å²) in [7, 11) is 1.63. The van der Waals surface area contributed by atoms with Gasteiger partial charge in [-0.3, -0.25) is 0 Å². The number of rotatable bonds is 9. The van der Waals surface area contributed by atoms with Crippen LogP contribution in [0.2, 0.25) is 0 Å². The van der Waals surface area contributed by atoms with E-state index in [2.05, 4.69) is 47.9 Å². The van der Waals surface area contributed by atoms with Gasteiger partial charge in [0.05, 0.1) is 5.70 Å². The number of allylic oxidation sites excluding steroid dienone is 1. The summed E-state index contributed by atoms with van der Waals surface area (Å²) in [6, 6.07) is 0. The lowest BCUT2D eigenvalue weighted by molar-refractivity contribution is 0.209. The summed E-state index contributed by atoms with van der Waals surface area (Å²) in [5.41, 5.74) is 1.98. The van der Waals surface area contributed by atoms with Crippen molar-refractivity contribution in [2.75, 3.05) is 26.9 Å². The molecule has 0 bridgehead atoms. The van der Waals surface area contributed by atoms with Gasteiger partial charge in [0.25, 0.3) is 0 Å². The Bertz CT molecular complexity index is 572. The molecule has 0 saturated heterocycles. The van der Waals surface area contributed by atoms with Crippen molar-refractivity contribution >= 4 is 17.5 Å². The van der Waals surface area contributed by atoms with Crippen molar-refractivity contribution in [2.24, 2.45) is 15.0 Å². The Hall–Kier alpha value is -1.95. The van der Waals surface area contributed by atoms with Crippen LogP contribution in [0, 0.1) is 0 Å². The van der Waals surface area contributed by atoms with Gasteiger partial charge in [0.1, 0.15) is 18.4 Å². The Balaban J connectivity index is 3.07. The molecule has 140 valence electrons. The minimum Gasteiger partial charge on any atom is -0.362 e. The van der Waals surface area contributed by atoms with Crippen LogP contribution in [0.15, 0.2) is 38.5 Å². The minimum absolute atomic E-state index is 0.302. The number of ether oxygens (including phenoxy) is 1. The first-order valence-electron chi connectivity index (χ1n) is 9.21. The number of hydrogen-bond acceptors (Lipinski definition) is 4. The first kappa shape index (κ1) is 21.1. The molecule has 0 saturated carbocycles. The number of hydrogen-bond donors (Lipinski definition) is 1. The highest BCUT2D eigenvalue weighted by molar-refractivity contribution is 6.18. The summed E-state index contributed by atoms with van der Waals surface area (Å²) in [6.07, 6.45) is 6.80. The van der Waals surface area contributed by atoms with Crippen molar-refractivity contribution < 1.29 is 4.74 Å². The van der Waals surface area contributed by atoms with Crippen molar-refractivity contribution in [2.45, 2.75) is 53.9 Å². The Morgan fingerprint density at radius 1 is 1.24 bits per heavy atom. The zero-order chi connectivity index (χ0) is 18.7. The average molecular weight is 348 g/mol. The number of nitrogens with zero attached hydrogens (tertiary/aromatic N) is 4. The minimum atomic E-state index is 0.302. The number of aliphatic imine (C=N–C) groups is 3. The van der Waals surface area contributed by atoms with E-state index in [4.69, 9.17) is 9.73 Å². The van der Waals surface area contributed by atoms with Crippen molar-refractivity contribution in [3.63, 3.8) is 0 Å². The van der Waals surface area contributed by atoms with Crippen LogP contribution < -0.4 is 5.32 Å². The third-order valence-corrected chi connectivity index (χ3v) is 3.95. The zero-order valence-corrected chi connectivity index (χ0v) is 16.6. The van der Waals surface area contributed by atoms with Crippen LogP contribution >= 0.6 is 0 Å². The molecule has 0 aromatic carbocycles. The predicted molar refractivity (Wildman–Crippen MR) is 107 cm³/mol. The molecule has 1 rings (SSSR count). The average Bonchev–Trinajstić information content (AvgIpc) is 3.05. The fourth-order valence-electron chi connectivity index (χ4n) is 2.59. The second kappa shape index (κ2) is 11.6. The van der Waals surface area contributed by atoms with Crippen LogP contribution in [-0.2, 0) is 4.74 Å². The second-order valence-corrected chi connectivity index (χ2v) is 5.67. The molecule has 0 unspecified atom stereocenters. The molecule has 0 radical (unpaired) electrons. The van der Waals surface area contributed by atoms with Crippen LogP contribution in [0.5, 0.6) is 0 Å². The van der Waals surface area contributed by atoms with Crippen molar-refractivity contribution in [3.8, 4) is 0 Å². The standard InChI is InChI=1S/C19H33N5O/c1-7-12-24(11-5)17(10-4)20-13-15(8-2)18-22-16(9-3)19(23-18)21-14-25-6/h9,13H,7-8,10-12,14H2,1-6H3,(H,21,22,23)/b15-13+,16-9+,20-17?. The molecule has 1 aliphatic rings. The van der Waals surface area contributed by atoms with E-state index in [0.29, 0.717) is 12.6 Å². The highest BCUT2D eigenvalue weighted by atomic mass is 16.5. The topological polar surface area (TPSA) is 61.6 Å². The number of amidine groups is 3. The summed E-state index contributed by atoms with van der Waals surface area (Å²) in [4.78, 5) is 16.0. The van der Waals surface area contributed by atoms with E-state index in [9.17, 15) is 0 Å². The van der Waals surface area contributed by atoms with E-state index in [1.165, 1.54) is 0 Å². The smallest absolute Gasteiger partial charge is 0.175 e. The highest BCUT2D eigenvalue weighted by Gasteiger charge is 2.19. The van der Waals surface area contributed by atoms with Crippen LogP contribution in [0.1, 0.15) is 53.9 Å². The molecular weight excluding hydrogens is 314 g/mol. The number of nitrogens with one attached hydrogen (secondary N) is 1. The monoisotopic (exact) mass is 347 g/mol. The maximum atomic E-state index is 5.02. The summed E-state index contributed by atoms with van der Waals surface area (Å²) in [5, 5.41) is 3.33. The lowest BCUT2D eigenvalue weighted by Gasteiger charge is -2.23. The lowest BCUT2D eigenvalue weighted by atomic mass is 10.2. The molecule has 0 amide bonds. The van der Waals surface area contributed by atoms with Crippen molar-refractivity contribution in [3.05, 3.63) is 23.5 Å². The van der Waals surface area contributed by atoms with E-state index in [1.807, 2.05) is 19.2 Å². The Morgan fingerprint density at radius 2 is 2.00 bits per heavy atom. The SMILES string of the molecule is C/C=C1/NC(C(=C/N=C(CC)N(CC)CCC)/CC)=N/C1=N/COC. The second-order valence-electron chi connectivity index (χ2n) is 5.67. The molecule has 0 aromatic rings. The van der Waals surface area contributed by atoms with Gasteiger partial charge in [-0.1, -0.05) is 26.8 Å². The third-order valence-electron chi connectivity index (χ3n) is 3.95. The molecule has 0 atom stereocenters. The Morgan fingerprint density at radius 3 is 2.52 bits per heavy atom. The first-order valence-corrected chi connectivity index (χ1v) is 9.21. The molecule has 0 aromatic heterocycles. The van der Waals surface area contributed by atoms with Crippen LogP contribution in [-0.4, -0.2) is 49.3 Å². The summed E-state index contributed by atoms with van der Waals surface area (Å²) in [6.45, 7) is 12.9. The summed E-state index contributed by atoms with van der Waals surface area (Å²) in [5.74, 6) is 2.62. The fourth-order valence-corrected chi connectivity index (χ4v) is 2.59.